The van der Waals surface area contributed by atoms with Crippen LogP contribution in [-0.2, 0) is 41.7 Å². The predicted octanol–water partition coefficient (Wildman–Crippen LogP) is 0.285. The van der Waals surface area contributed by atoms with E-state index in [0.29, 0.717) is 18.5 Å². The van der Waals surface area contributed by atoms with Gasteiger partial charge in [0, 0.05) is 18.5 Å². The van der Waals surface area contributed by atoms with E-state index in [1.165, 1.54) is 0 Å². The summed E-state index contributed by atoms with van der Waals surface area (Å²) in [7, 11) is 0. The van der Waals surface area contributed by atoms with Crippen molar-refractivity contribution < 1.29 is 44.1 Å². The SMILES string of the molecule is CC[C@H](NC(=O)[C@@H](CC[C@H](CC(=O)O)NC(=O)Cc1ccc(CNC=O)cc1)CC(=O)O)C(=O)O. The van der Waals surface area contributed by atoms with Crippen LogP contribution in [-0.4, -0.2) is 63.5 Å². The van der Waals surface area contributed by atoms with Crippen molar-refractivity contribution in [3.63, 3.8) is 0 Å². The maximum absolute atomic E-state index is 12.5. The van der Waals surface area contributed by atoms with Gasteiger partial charge in [-0.25, -0.2) is 4.79 Å². The topological polar surface area (TPSA) is 199 Å². The molecule has 192 valence electrons. The molecule has 0 aliphatic heterocycles. The van der Waals surface area contributed by atoms with Crippen molar-refractivity contribution >= 4 is 36.1 Å². The Morgan fingerprint density at radius 1 is 0.886 bits per heavy atom. The summed E-state index contributed by atoms with van der Waals surface area (Å²) in [5.74, 6) is -6.00. The van der Waals surface area contributed by atoms with Crippen molar-refractivity contribution in [1.29, 1.82) is 0 Å². The van der Waals surface area contributed by atoms with Gasteiger partial charge in [0.05, 0.1) is 19.3 Å². The van der Waals surface area contributed by atoms with E-state index in [9.17, 15) is 33.9 Å². The van der Waals surface area contributed by atoms with Crippen LogP contribution in [0.3, 0.4) is 0 Å². The Hall–Kier alpha value is -3.96. The summed E-state index contributed by atoms with van der Waals surface area (Å²) in [6.07, 6.45) is -0.422. The molecule has 0 bridgehead atoms. The van der Waals surface area contributed by atoms with Crippen molar-refractivity contribution in [2.45, 2.75) is 64.1 Å². The zero-order valence-corrected chi connectivity index (χ0v) is 19.4. The second kappa shape index (κ2) is 15.0. The maximum atomic E-state index is 12.5. The van der Waals surface area contributed by atoms with Gasteiger partial charge in [0.1, 0.15) is 6.04 Å². The molecule has 0 spiro atoms. The predicted molar refractivity (Wildman–Crippen MR) is 122 cm³/mol. The molecule has 0 aromatic heterocycles. The fourth-order valence-electron chi connectivity index (χ4n) is 3.40. The Balaban J connectivity index is 2.79. The summed E-state index contributed by atoms with van der Waals surface area (Å²) >= 11 is 0. The van der Waals surface area contributed by atoms with Crippen molar-refractivity contribution in [1.82, 2.24) is 16.0 Å². The molecule has 12 heteroatoms. The average molecular weight is 494 g/mol. The van der Waals surface area contributed by atoms with Gasteiger partial charge in [-0.1, -0.05) is 31.2 Å². The molecule has 0 fully saturated rings. The first-order valence-corrected chi connectivity index (χ1v) is 11.1. The zero-order valence-electron chi connectivity index (χ0n) is 19.4. The van der Waals surface area contributed by atoms with Crippen molar-refractivity contribution in [3.8, 4) is 0 Å². The van der Waals surface area contributed by atoms with Crippen LogP contribution in [0.4, 0.5) is 0 Å². The summed E-state index contributed by atoms with van der Waals surface area (Å²) in [5, 5.41) is 34.9. The van der Waals surface area contributed by atoms with Crippen molar-refractivity contribution in [3.05, 3.63) is 35.4 Å². The lowest BCUT2D eigenvalue weighted by atomic mass is 9.94. The number of rotatable bonds is 17. The minimum absolute atomic E-state index is 0.00354. The van der Waals surface area contributed by atoms with Gasteiger partial charge in [0.15, 0.2) is 0 Å². The number of carboxylic acid groups (broad SMARTS) is 3. The molecule has 3 atom stereocenters. The third kappa shape index (κ3) is 11.6. The van der Waals surface area contributed by atoms with Crippen molar-refractivity contribution in [2.24, 2.45) is 5.92 Å². The molecule has 0 heterocycles. The highest BCUT2D eigenvalue weighted by molar-refractivity contribution is 5.87. The van der Waals surface area contributed by atoms with Gasteiger partial charge in [0.25, 0.3) is 0 Å². The standard InChI is InChI=1S/C23H31N3O9/c1-2-18(23(34)35)26-22(33)16(10-20(29)30)7-8-17(11-21(31)32)25-19(28)9-14-3-5-15(6-4-14)12-24-13-27/h3-6,13,16-18H,2,7-12H2,1H3,(H,24,27)(H,25,28)(H,26,33)(H,29,30)(H,31,32)(H,34,35)/t16-,17+,18-/m0/s1. The lowest BCUT2D eigenvalue weighted by molar-refractivity contribution is -0.144. The van der Waals surface area contributed by atoms with Gasteiger partial charge in [-0.2, -0.15) is 0 Å². The molecule has 35 heavy (non-hydrogen) atoms. The van der Waals surface area contributed by atoms with Crippen LogP contribution in [0.25, 0.3) is 0 Å². The van der Waals surface area contributed by atoms with E-state index in [-0.39, 0.29) is 25.7 Å². The fraction of sp³-hybridized carbons (Fsp3) is 0.478. The van der Waals surface area contributed by atoms with E-state index in [2.05, 4.69) is 16.0 Å². The first-order chi connectivity index (χ1) is 16.5. The minimum Gasteiger partial charge on any atom is -0.481 e. The number of carbonyl (C=O) groups is 6. The Bertz CT molecular complexity index is 902. The molecule has 0 aliphatic carbocycles. The molecule has 1 aromatic rings. The number of aliphatic carboxylic acids is 3. The lowest BCUT2D eigenvalue weighted by Gasteiger charge is -2.22. The molecule has 0 unspecified atom stereocenters. The van der Waals surface area contributed by atoms with Gasteiger partial charge >= 0.3 is 17.9 Å². The molecular weight excluding hydrogens is 462 g/mol. The second-order valence-electron chi connectivity index (χ2n) is 8.03. The molecule has 3 amide bonds. The molecule has 0 radical (unpaired) electrons. The number of nitrogens with one attached hydrogen (secondary N) is 3. The normalized spacial score (nSPS) is 13.1. The first-order valence-electron chi connectivity index (χ1n) is 11.1. The Morgan fingerprint density at radius 2 is 1.49 bits per heavy atom. The van der Waals surface area contributed by atoms with Gasteiger partial charge in [0.2, 0.25) is 18.2 Å². The van der Waals surface area contributed by atoms with Gasteiger partial charge in [-0.05, 0) is 30.4 Å². The van der Waals surface area contributed by atoms with Gasteiger partial charge in [-0.3, -0.25) is 24.0 Å². The molecule has 12 nitrogen and oxygen atoms in total. The molecule has 1 rings (SSSR count). The van der Waals surface area contributed by atoms with Gasteiger partial charge in [-0.15, -0.1) is 0 Å². The highest BCUT2D eigenvalue weighted by Crippen LogP contribution is 2.16. The minimum atomic E-state index is -1.26. The van der Waals surface area contributed by atoms with Gasteiger partial charge < -0.3 is 31.3 Å². The number of carbonyl (C=O) groups excluding carboxylic acids is 3. The van der Waals surface area contributed by atoms with Crippen molar-refractivity contribution in [2.75, 3.05) is 0 Å². The monoisotopic (exact) mass is 493 g/mol. The Kier molecular flexibility index (Phi) is 12.5. The van der Waals surface area contributed by atoms with E-state index in [4.69, 9.17) is 10.2 Å². The third-order valence-corrected chi connectivity index (χ3v) is 5.24. The van der Waals surface area contributed by atoms with E-state index in [0.717, 1.165) is 5.56 Å². The van der Waals surface area contributed by atoms with Crippen LogP contribution in [0.2, 0.25) is 0 Å². The Labute approximate surface area is 202 Å². The highest BCUT2D eigenvalue weighted by atomic mass is 16.4. The summed E-state index contributed by atoms with van der Waals surface area (Å²) in [6, 6.07) is 4.85. The fourth-order valence-corrected chi connectivity index (χ4v) is 3.40. The van der Waals surface area contributed by atoms with Crippen LogP contribution in [0.5, 0.6) is 0 Å². The quantitative estimate of drug-likeness (QED) is 0.165. The number of amides is 3. The largest absolute Gasteiger partial charge is 0.481 e. The van der Waals surface area contributed by atoms with Crippen LogP contribution >= 0.6 is 0 Å². The number of benzene rings is 1. The van der Waals surface area contributed by atoms with Crippen LogP contribution < -0.4 is 16.0 Å². The molecular formula is C23H31N3O9. The lowest BCUT2D eigenvalue weighted by Crippen LogP contribution is -2.44. The van der Waals surface area contributed by atoms with E-state index in [1.807, 2.05) is 0 Å². The van der Waals surface area contributed by atoms with E-state index < -0.39 is 60.6 Å². The molecule has 0 saturated heterocycles. The smallest absolute Gasteiger partial charge is 0.326 e. The van der Waals surface area contributed by atoms with E-state index >= 15 is 0 Å². The zero-order chi connectivity index (χ0) is 26.4. The van der Waals surface area contributed by atoms with E-state index in [1.54, 1.807) is 31.2 Å². The van der Waals surface area contributed by atoms with Crippen LogP contribution in [0.15, 0.2) is 24.3 Å². The summed E-state index contributed by atoms with van der Waals surface area (Å²) in [4.78, 5) is 69.0. The summed E-state index contributed by atoms with van der Waals surface area (Å²) in [6.45, 7) is 1.90. The third-order valence-electron chi connectivity index (χ3n) is 5.24. The highest BCUT2D eigenvalue weighted by Gasteiger charge is 2.27. The number of hydrogen-bond acceptors (Lipinski definition) is 6. The number of carboxylic acids is 3. The second-order valence-corrected chi connectivity index (χ2v) is 8.03. The van der Waals surface area contributed by atoms with Crippen LogP contribution in [0.1, 0.15) is 50.2 Å². The molecule has 0 saturated carbocycles. The molecule has 0 aliphatic rings. The average Bonchev–Trinajstić information content (AvgIpc) is 2.78. The number of hydrogen-bond donors (Lipinski definition) is 6. The maximum Gasteiger partial charge on any atom is 0.326 e. The Morgan fingerprint density at radius 3 is 2.00 bits per heavy atom. The van der Waals surface area contributed by atoms with Crippen LogP contribution in [0, 0.1) is 5.92 Å². The summed E-state index contributed by atoms with van der Waals surface area (Å²) in [5.41, 5.74) is 1.50. The molecule has 1 aromatic carbocycles. The summed E-state index contributed by atoms with van der Waals surface area (Å²) < 4.78 is 0. The first kappa shape index (κ1) is 29.1. The molecule has 6 N–H and O–H groups in total.